The van der Waals surface area contributed by atoms with Crippen LogP contribution in [0.1, 0.15) is 6.92 Å². The molecule has 0 unspecified atom stereocenters. The Bertz CT molecular complexity index is 549. The van der Waals surface area contributed by atoms with Crippen molar-refractivity contribution in [2.75, 3.05) is 12.3 Å². The molecule has 0 heterocycles. The van der Waals surface area contributed by atoms with Crippen LogP contribution in [0.2, 0.25) is 0 Å². The highest BCUT2D eigenvalue weighted by atomic mass is 19.1. The molecule has 4 heteroatoms. The third kappa shape index (κ3) is 2.59. The maximum Gasteiger partial charge on any atom is 0.134 e. The molecule has 2 rings (SSSR count). The van der Waals surface area contributed by atoms with Crippen molar-refractivity contribution in [3.05, 3.63) is 48.0 Å². The SMILES string of the molecule is CCOc1ccc(-c2cc(N)cc(F)c2)c(F)c1. The Balaban J connectivity index is 2.44. The predicted molar refractivity (Wildman–Crippen MR) is 67.4 cm³/mol. The van der Waals surface area contributed by atoms with E-state index in [9.17, 15) is 8.78 Å². The van der Waals surface area contributed by atoms with Gasteiger partial charge in [0.05, 0.1) is 6.61 Å². The van der Waals surface area contributed by atoms with Crippen molar-refractivity contribution in [1.82, 2.24) is 0 Å². The molecule has 0 atom stereocenters. The van der Waals surface area contributed by atoms with Crippen molar-refractivity contribution in [2.24, 2.45) is 0 Å². The van der Waals surface area contributed by atoms with Crippen LogP contribution in [-0.2, 0) is 0 Å². The van der Waals surface area contributed by atoms with E-state index in [2.05, 4.69) is 0 Å². The van der Waals surface area contributed by atoms with E-state index in [4.69, 9.17) is 10.5 Å². The highest BCUT2D eigenvalue weighted by Crippen LogP contribution is 2.28. The van der Waals surface area contributed by atoms with E-state index < -0.39 is 11.6 Å². The largest absolute Gasteiger partial charge is 0.494 e. The molecule has 0 saturated carbocycles. The van der Waals surface area contributed by atoms with E-state index in [0.29, 0.717) is 23.5 Å². The first-order valence-corrected chi connectivity index (χ1v) is 5.59. The smallest absolute Gasteiger partial charge is 0.134 e. The number of hydrogen-bond donors (Lipinski definition) is 1. The number of nitrogens with two attached hydrogens (primary N) is 1. The summed E-state index contributed by atoms with van der Waals surface area (Å²) >= 11 is 0. The number of nitrogen functional groups attached to an aromatic ring is 1. The zero-order valence-corrected chi connectivity index (χ0v) is 9.91. The molecule has 2 aromatic rings. The van der Waals surface area contributed by atoms with Crippen LogP contribution in [0, 0.1) is 11.6 Å². The Morgan fingerprint density at radius 3 is 2.50 bits per heavy atom. The fourth-order valence-corrected chi connectivity index (χ4v) is 1.75. The van der Waals surface area contributed by atoms with Crippen LogP contribution < -0.4 is 10.5 Å². The molecule has 0 bridgehead atoms. The number of hydrogen-bond acceptors (Lipinski definition) is 2. The van der Waals surface area contributed by atoms with E-state index in [0.717, 1.165) is 0 Å². The fraction of sp³-hybridized carbons (Fsp3) is 0.143. The van der Waals surface area contributed by atoms with Crippen molar-refractivity contribution >= 4 is 5.69 Å². The minimum atomic E-state index is -0.488. The highest BCUT2D eigenvalue weighted by Gasteiger charge is 2.08. The van der Waals surface area contributed by atoms with Crippen LogP contribution in [0.5, 0.6) is 5.75 Å². The Labute approximate surface area is 104 Å². The van der Waals surface area contributed by atoms with Gasteiger partial charge in [0.2, 0.25) is 0 Å². The fourth-order valence-electron chi connectivity index (χ4n) is 1.75. The van der Waals surface area contributed by atoms with E-state index in [1.165, 1.54) is 24.3 Å². The standard InChI is InChI=1S/C14H13F2NO/c1-2-18-12-3-4-13(14(16)8-12)9-5-10(15)7-11(17)6-9/h3-8H,2,17H2,1H3. The topological polar surface area (TPSA) is 35.2 Å². The van der Waals surface area contributed by atoms with E-state index in [-0.39, 0.29) is 5.69 Å². The number of halogens is 2. The lowest BCUT2D eigenvalue weighted by Crippen LogP contribution is -1.94. The van der Waals surface area contributed by atoms with Gasteiger partial charge >= 0.3 is 0 Å². The first-order valence-electron chi connectivity index (χ1n) is 5.59. The van der Waals surface area contributed by atoms with Crippen LogP contribution >= 0.6 is 0 Å². The lowest BCUT2D eigenvalue weighted by Gasteiger charge is -2.08. The molecule has 0 aliphatic rings. The Morgan fingerprint density at radius 1 is 1.11 bits per heavy atom. The van der Waals surface area contributed by atoms with Crippen LogP contribution in [-0.4, -0.2) is 6.61 Å². The van der Waals surface area contributed by atoms with Crippen molar-refractivity contribution in [3.8, 4) is 16.9 Å². The Hall–Kier alpha value is -2.10. The van der Waals surface area contributed by atoms with E-state index >= 15 is 0 Å². The van der Waals surface area contributed by atoms with Crippen LogP contribution in [0.4, 0.5) is 14.5 Å². The minimum absolute atomic E-state index is 0.262. The first-order chi connectivity index (χ1) is 8.60. The molecule has 0 radical (unpaired) electrons. The van der Waals surface area contributed by atoms with Gasteiger partial charge in [-0.15, -0.1) is 0 Å². The molecule has 0 aliphatic heterocycles. The molecule has 0 spiro atoms. The summed E-state index contributed by atoms with van der Waals surface area (Å²) in [5.74, 6) is -0.507. The second-order valence-corrected chi connectivity index (χ2v) is 3.85. The van der Waals surface area contributed by atoms with Crippen LogP contribution in [0.25, 0.3) is 11.1 Å². The van der Waals surface area contributed by atoms with Crippen molar-refractivity contribution in [2.45, 2.75) is 6.92 Å². The summed E-state index contributed by atoms with van der Waals surface area (Å²) in [7, 11) is 0. The molecule has 0 amide bonds. The number of rotatable bonds is 3. The molecule has 0 aromatic heterocycles. The highest BCUT2D eigenvalue weighted by molar-refractivity contribution is 5.68. The normalized spacial score (nSPS) is 10.4. The Morgan fingerprint density at radius 2 is 1.89 bits per heavy atom. The zero-order valence-electron chi connectivity index (χ0n) is 9.91. The van der Waals surface area contributed by atoms with Gasteiger partial charge < -0.3 is 10.5 Å². The van der Waals surface area contributed by atoms with Gasteiger partial charge in [-0.05, 0) is 42.8 Å². The third-order valence-corrected chi connectivity index (χ3v) is 2.48. The van der Waals surface area contributed by atoms with Gasteiger partial charge in [0.15, 0.2) is 0 Å². The molecule has 2 aromatic carbocycles. The Kier molecular flexibility index (Phi) is 3.46. The van der Waals surface area contributed by atoms with Gasteiger partial charge in [0.1, 0.15) is 17.4 Å². The second kappa shape index (κ2) is 5.04. The molecule has 2 N–H and O–H groups in total. The van der Waals surface area contributed by atoms with Crippen molar-refractivity contribution in [3.63, 3.8) is 0 Å². The molecular weight excluding hydrogens is 236 g/mol. The van der Waals surface area contributed by atoms with Crippen LogP contribution in [0.3, 0.4) is 0 Å². The van der Waals surface area contributed by atoms with Gasteiger partial charge in [-0.1, -0.05) is 0 Å². The zero-order chi connectivity index (χ0) is 13.1. The summed E-state index contributed by atoms with van der Waals surface area (Å²) < 4.78 is 32.3. The van der Waals surface area contributed by atoms with Gasteiger partial charge in [0, 0.05) is 17.3 Å². The third-order valence-electron chi connectivity index (χ3n) is 2.48. The van der Waals surface area contributed by atoms with Gasteiger partial charge in [-0.3, -0.25) is 0 Å². The van der Waals surface area contributed by atoms with Crippen molar-refractivity contribution in [1.29, 1.82) is 0 Å². The second-order valence-electron chi connectivity index (χ2n) is 3.85. The maximum atomic E-state index is 13.9. The monoisotopic (exact) mass is 249 g/mol. The molecule has 0 fully saturated rings. The summed E-state index contributed by atoms with van der Waals surface area (Å²) in [6.45, 7) is 2.28. The quantitative estimate of drug-likeness (QED) is 0.843. The first kappa shape index (κ1) is 12.4. The van der Waals surface area contributed by atoms with Crippen molar-refractivity contribution < 1.29 is 13.5 Å². The average Bonchev–Trinajstić information content (AvgIpc) is 2.28. The summed E-state index contributed by atoms with van der Waals surface area (Å²) in [4.78, 5) is 0. The van der Waals surface area contributed by atoms with Gasteiger partial charge in [-0.2, -0.15) is 0 Å². The lowest BCUT2D eigenvalue weighted by atomic mass is 10.0. The molecule has 0 aliphatic carbocycles. The number of anilines is 1. The average molecular weight is 249 g/mol. The van der Waals surface area contributed by atoms with Gasteiger partial charge in [0.25, 0.3) is 0 Å². The minimum Gasteiger partial charge on any atom is -0.494 e. The summed E-state index contributed by atoms with van der Waals surface area (Å²) in [6, 6.07) is 8.43. The predicted octanol–water partition coefficient (Wildman–Crippen LogP) is 3.61. The van der Waals surface area contributed by atoms with Gasteiger partial charge in [-0.25, -0.2) is 8.78 Å². The maximum absolute atomic E-state index is 13.9. The molecular formula is C14H13F2NO. The molecule has 0 saturated heterocycles. The summed E-state index contributed by atoms with van der Waals surface area (Å²) in [5.41, 5.74) is 6.51. The lowest BCUT2D eigenvalue weighted by molar-refractivity contribution is 0.338. The van der Waals surface area contributed by atoms with E-state index in [1.807, 2.05) is 6.92 Å². The van der Waals surface area contributed by atoms with Crippen LogP contribution in [0.15, 0.2) is 36.4 Å². The van der Waals surface area contributed by atoms with E-state index in [1.54, 1.807) is 12.1 Å². The molecule has 2 nitrogen and oxygen atoms in total. The molecule has 94 valence electrons. The summed E-state index contributed by atoms with van der Waals surface area (Å²) in [6.07, 6.45) is 0. The number of ether oxygens (including phenoxy) is 1. The number of benzene rings is 2. The summed E-state index contributed by atoms with van der Waals surface area (Å²) in [5, 5.41) is 0. The molecule has 18 heavy (non-hydrogen) atoms.